The van der Waals surface area contributed by atoms with Gasteiger partial charge in [0.25, 0.3) is 0 Å². The molecule has 5 nitrogen and oxygen atoms in total. The lowest BCUT2D eigenvalue weighted by molar-refractivity contribution is -0.129. The fraction of sp³-hybridized carbons (Fsp3) is 0.833. The van der Waals surface area contributed by atoms with Gasteiger partial charge in [0.15, 0.2) is 0 Å². The highest BCUT2D eigenvalue weighted by molar-refractivity contribution is 5.87. The van der Waals surface area contributed by atoms with E-state index in [0.29, 0.717) is 6.54 Å². The van der Waals surface area contributed by atoms with Crippen molar-refractivity contribution in [1.82, 2.24) is 10.6 Å². The zero-order chi connectivity index (χ0) is 13.6. The Bertz CT molecular complexity index is 275. The van der Waals surface area contributed by atoms with Crippen molar-refractivity contribution in [1.29, 1.82) is 0 Å². The molecule has 0 fully saturated rings. The first kappa shape index (κ1) is 15.9. The maximum Gasteiger partial charge on any atom is 0.242 e. The summed E-state index contributed by atoms with van der Waals surface area (Å²) in [6, 6.07) is -0.526. The fourth-order valence-electron chi connectivity index (χ4n) is 1.25. The van der Waals surface area contributed by atoms with E-state index < -0.39 is 6.04 Å². The van der Waals surface area contributed by atoms with E-state index in [2.05, 4.69) is 10.6 Å². The Labute approximate surface area is 103 Å². The molecule has 0 saturated heterocycles. The Hall–Kier alpha value is -1.10. The number of carbonyl (C=O) groups excluding carboxylic acids is 2. The van der Waals surface area contributed by atoms with Gasteiger partial charge in [0, 0.05) is 25.5 Å². The summed E-state index contributed by atoms with van der Waals surface area (Å²) in [5.41, 5.74) is -0.354. The van der Waals surface area contributed by atoms with Gasteiger partial charge in [0.05, 0.1) is 0 Å². The van der Waals surface area contributed by atoms with Crippen molar-refractivity contribution in [2.75, 3.05) is 13.2 Å². The number of aliphatic hydroxyl groups is 1. The van der Waals surface area contributed by atoms with Crippen molar-refractivity contribution in [3.8, 4) is 0 Å². The van der Waals surface area contributed by atoms with E-state index in [4.69, 9.17) is 5.11 Å². The second kappa shape index (κ2) is 6.59. The first-order valence-electron chi connectivity index (χ1n) is 5.85. The van der Waals surface area contributed by atoms with Crippen LogP contribution >= 0.6 is 0 Å². The summed E-state index contributed by atoms with van der Waals surface area (Å²) >= 11 is 0. The first-order chi connectivity index (χ1) is 7.69. The molecule has 0 heterocycles. The van der Waals surface area contributed by atoms with E-state index in [1.165, 1.54) is 6.92 Å². The third-order valence-corrected chi connectivity index (χ3v) is 2.48. The molecule has 0 aliphatic rings. The molecule has 0 spiro atoms. The van der Waals surface area contributed by atoms with Crippen LogP contribution in [0.1, 0.15) is 34.6 Å². The summed E-state index contributed by atoms with van der Waals surface area (Å²) in [5, 5.41) is 14.4. The number of hydrogen-bond acceptors (Lipinski definition) is 3. The minimum Gasteiger partial charge on any atom is -0.396 e. The Morgan fingerprint density at radius 3 is 2.18 bits per heavy atom. The highest BCUT2D eigenvalue weighted by Crippen LogP contribution is 2.11. The number of rotatable bonds is 6. The lowest BCUT2D eigenvalue weighted by Crippen LogP contribution is -2.51. The second-order valence-electron chi connectivity index (χ2n) is 5.46. The molecule has 3 N–H and O–H groups in total. The van der Waals surface area contributed by atoms with Gasteiger partial charge >= 0.3 is 0 Å². The number of aliphatic hydroxyl groups excluding tert-OH is 1. The van der Waals surface area contributed by atoms with Crippen molar-refractivity contribution < 1.29 is 14.7 Å². The predicted molar refractivity (Wildman–Crippen MR) is 66.3 cm³/mol. The first-order valence-corrected chi connectivity index (χ1v) is 5.85. The van der Waals surface area contributed by atoms with Crippen molar-refractivity contribution >= 4 is 11.8 Å². The van der Waals surface area contributed by atoms with Crippen LogP contribution in [0.5, 0.6) is 0 Å². The molecular weight excluding hydrogens is 220 g/mol. The van der Waals surface area contributed by atoms with Crippen LogP contribution < -0.4 is 10.6 Å². The molecule has 0 aliphatic heterocycles. The molecule has 1 atom stereocenters. The van der Waals surface area contributed by atoms with Gasteiger partial charge in [-0.3, -0.25) is 9.59 Å². The number of hydrogen-bond donors (Lipinski definition) is 3. The van der Waals surface area contributed by atoms with Crippen molar-refractivity contribution in [3.05, 3.63) is 0 Å². The molecule has 0 aromatic carbocycles. The predicted octanol–water partition coefficient (Wildman–Crippen LogP) is 0.282. The summed E-state index contributed by atoms with van der Waals surface area (Å²) in [6.07, 6.45) is 0. The summed E-state index contributed by atoms with van der Waals surface area (Å²) in [6.45, 7) is 9.23. The van der Waals surface area contributed by atoms with E-state index >= 15 is 0 Å². The molecule has 0 aromatic rings. The maximum absolute atomic E-state index is 11.9. The lowest BCUT2D eigenvalue weighted by Gasteiger charge is -2.25. The molecule has 0 saturated carbocycles. The zero-order valence-electron chi connectivity index (χ0n) is 11.3. The molecule has 0 radical (unpaired) electrons. The van der Waals surface area contributed by atoms with E-state index in [1.54, 1.807) is 0 Å². The Morgan fingerprint density at radius 2 is 1.82 bits per heavy atom. The highest BCUT2D eigenvalue weighted by atomic mass is 16.3. The molecule has 100 valence electrons. The van der Waals surface area contributed by atoms with Crippen LogP contribution in [0.4, 0.5) is 0 Å². The normalized spacial score (nSPS) is 13.4. The highest BCUT2D eigenvalue weighted by Gasteiger charge is 2.25. The third-order valence-electron chi connectivity index (χ3n) is 2.48. The van der Waals surface area contributed by atoms with Gasteiger partial charge in [-0.1, -0.05) is 27.7 Å². The van der Waals surface area contributed by atoms with E-state index in [-0.39, 0.29) is 29.8 Å². The maximum atomic E-state index is 11.9. The van der Waals surface area contributed by atoms with Crippen LogP contribution in [0.15, 0.2) is 0 Å². The molecule has 0 aromatic heterocycles. The molecule has 2 amide bonds. The Balaban J connectivity index is 4.39. The summed E-state index contributed by atoms with van der Waals surface area (Å²) in [4.78, 5) is 22.9. The lowest BCUT2D eigenvalue weighted by atomic mass is 9.94. The zero-order valence-corrected chi connectivity index (χ0v) is 11.3. The van der Waals surface area contributed by atoms with Crippen molar-refractivity contribution in [2.45, 2.75) is 40.7 Å². The van der Waals surface area contributed by atoms with Crippen molar-refractivity contribution in [2.24, 2.45) is 11.3 Å². The molecular formula is C12H24N2O3. The summed E-state index contributed by atoms with van der Waals surface area (Å²) in [5.74, 6) is -0.409. The molecule has 0 aliphatic carbocycles. The van der Waals surface area contributed by atoms with Crippen LogP contribution in [0.2, 0.25) is 0 Å². The third kappa shape index (κ3) is 6.26. The van der Waals surface area contributed by atoms with Gasteiger partial charge in [-0.15, -0.1) is 0 Å². The van der Waals surface area contributed by atoms with Crippen LogP contribution in [0.25, 0.3) is 0 Å². The Kier molecular flexibility index (Phi) is 6.16. The average molecular weight is 244 g/mol. The van der Waals surface area contributed by atoms with Gasteiger partial charge in [-0.25, -0.2) is 0 Å². The summed E-state index contributed by atoms with van der Waals surface area (Å²) in [7, 11) is 0. The molecule has 5 heteroatoms. The van der Waals surface area contributed by atoms with Crippen LogP contribution in [0.3, 0.4) is 0 Å². The second-order valence-corrected chi connectivity index (χ2v) is 5.46. The van der Waals surface area contributed by atoms with Gasteiger partial charge in [0.2, 0.25) is 11.8 Å². The van der Waals surface area contributed by atoms with Crippen LogP contribution in [-0.4, -0.2) is 36.1 Å². The molecule has 0 bridgehead atoms. The number of carbonyl (C=O) groups is 2. The molecule has 1 unspecified atom stereocenters. The van der Waals surface area contributed by atoms with Gasteiger partial charge in [0.1, 0.15) is 6.04 Å². The smallest absolute Gasteiger partial charge is 0.242 e. The van der Waals surface area contributed by atoms with Gasteiger partial charge < -0.3 is 15.7 Å². The minimum absolute atomic E-state index is 0.000236. The standard InChI is InChI=1S/C12H24N2O3/c1-8(2)10(14-9(3)16)11(17)13-6-12(4,5)7-15/h8,10,15H,6-7H2,1-5H3,(H,13,17)(H,14,16). The summed E-state index contributed by atoms with van der Waals surface area (Å²) < 4.78 is 0. The SMILES string of the molecule is CC(=O)NC(C(=O)NCC(C)(C)CO)C(C)C. The van der Waals surface area contributed by atoms with E-state index in [1.807, 2.05) is 27.7 Å². The molecule has 17 heavy (non-hydrogen) atoms. The number of nitrogens with one attached hydrogen (secondary N) is 2. The average Bonchev–Trinajstić information content (AvgIpc) is 2.22. The quantitative estimate of drug-likeness (QED) is 0.628. The number of amides is 2. The van der Waals surface area contributed by atoms with Gasteiger partial charge in [-0.2, -0.15) is 0 Å². The van der Waals surface area contributed by atoms with E-state index in [9.17, 15) is 9.59 Å². The van der Waals surface area contributed by atoms with Crippen LogP contribution in [-0.2, 0) is 9.59 Å². The topological polar surface area (TPSA) is 78.4 Å². The fourth-order valence-corrected chi connectivity index (χ4v) is 1.25. The minimum atomic E-state index is -0.526. The monoisotopic (exact) mass is 244 g/mol. The van der Waals surface area contributed by atoms with Crippen LogP contribution in [0, 0.1) is 11.3 Å². The largest absolute Gasteiger partial charge is 0.396 e. The van der Waals surface area contributed by atoms with E-state index in [0.717, 1.165) is 0 Å². The molecule has 0 rings (SSSR count). The van der Waals surface area contributed by atoms with Gasteiger partial charge in [-0.05, 0) is 5.92 Å². The van der Waals surface area contributed by atoms with Crippen molar-refractivity contribution in [3.63, 3.8) is 0 Å². The Morgan fingerprint density at radius 1 is 1.29 bits per heavy atom.